The Labute approximate surface area is 161 Å². The summed E-state index contributed by atoms with van der Waals surface area (Å²) in [7, 11) is 1.88. The van der Waals surface area contributed by atoms with Gasteiger partial charge < -0.3 is 4.90 Å². The second-order valence-corrected chi connectivity index (χ2v) is 6.51. The van der Waals surface area contributed by atoms with Gasteiger partial charge in [-0.1, -0.05) is 19.8 Å². The summed E-state index contributed by atoms with van der Waals surface area (Å²) in [4.78, 5) is 17.0. The van der Waals surface area contributed by atoms with E-state index in [1.807, 2.05) is 11.9 Å². The standard InChI is InChI=1S/C21H22F4N2O/c1-3-4-5-9-27(2)10-8-15-11-16(12-19(22)18(15)14-28)20-7-6-17(13-26-20)21(23,24)25/h6-8,10-14H,3-5,9H2,1-2H3/b10-8-. The highest BCUT2D eigenvalue weighted by Crippen LogP contribution is 2.30. The van der Waals surface area contributed by atoms with Crippen molar-refractivity contribution in [3.05, 3.63) is 59.2 Å². The fourth-order valence-electron chi connectivity index (χ4n) is 2.67. The molecule has 0 spiro atoms. The number of carbonyl (C=O) groups is 1. The van der Waals surface area contributed by atoms with Gasteiger partial charge in [0.25, 0.3) is 0 Å². The monoisotopic (exact) mass is 394 g/mol. The van der Waals surface area contributed by atoms with E-state index in [0.29, 0.717) is 23.6 Å². The van der Waals surface area contributed by atoms with Crippen molar-refractivity contribution >= 4 is 12.4 Å². The van der Waals surface area contributed by atoms with Crippen molar-refractivity contribution in [2.24, 2.45) is 0 Å². The first-order valence-corrected chi connectivity index (χ1v) is 8.97. The van der Waals surface area contributed by atoms with Gasteiger partial charge in [-0.05, 0) is 48.5 Å². The number of nitrogens with zero attached hydrogens (tertiary/aromatic N) is 2. The van der Waals surface area contributed by atoms with Gasteiger partial charge in [0.15, 0.2) is 6.29 Å². The van der Waals surface area contributed by atoms with E-state index in [4.69, 9.17) is 0 Å². The predicted molar refractivity (Wildman–Crippen MR) is 101 cm³/mol. The molecule has 0 radical (unpaired) electrons. The first kappa shape index (κ1) is 21.6. The van der Waals surface area contributed by atoms with E-state index >= 15 is 0 Å². The van der Waals surface area contributed by atoms with E-state index in [0.717, 1.165) is 37.9 Å². The molecule has 2 rings (SSSR count). The zero-order valence-corrected chi connectivity index (χ0v) is 15.8. The molecule has 0 N–H and O–H groups in total. The van der Waals surface area contributed by atoms with Crippen LogP contribution in [0.25, 0.3) is 17.3 Å². The molecular weight excluding hydrogens is 372 g/mol. The molecule has 1 aromatic heterocycles. The van der Waals surface area contributed by atoms with Crippen molar-refractivity contribution in [3.8, 4) is 11.3 Å². The molecule has 28 heavy (non-hydrogen) atoms. The Morgan fingerprint density at radius 1 is 1.18 bits per heavy atom. The number of rotatable bonds is 8. The van der Waals surface area contributed by atoms with E-state index in [-0.39, 0.29) is 11.3 Å². The Morgan fingerprint density at radius 2 is 1.93 bits per heavy atom. The first-order chi connectivity index (χ1) is 13.3. The number of pyridine rings is 1. The zero-order chi connectivity index (χ0) is 20.7. The second kappa shape index (κ2) is 9.48. The number of aldehydes is 1. The van der Waals surface area contributed by atoms with Crippen LogP contribution in [-0.4, -0.2) is 29.8 Å². The number of hydrogen-bond acceptors (Lipinski definition) is 3. The van der Waals surface area contributed by atoms with Crippen LogP contribution in [0.5, 0.6) is 0 Å². The Hall–Kier alpha value is -2.70. The highest BCUT2D eigenvalue weighted by atomic mass is 19.4. The summed E-state index contributed by atoms with van der Waals surface area (Å²) in [6, 6.07) is 4.72. The summed E-state index contributed by atoms with van der Waals surface area (Å²) in [5.41, 5.74) is -0.154. The lowest BCUT2D eigenvalue weighted by atomic mass is 10.0. The molecule has 0 saturated heterocycles. The maximum absolute atomic E-state index is 14.4. The average Bonchev–Trinajstić information content (AvgIpc) is 2.65. The molecule has 2 aromatic rings. The molecule has 150 valence electrons. The number of aromatic nitrogens is 1. The first-order valence-electron chi connectivity index (χ1n) is 8.97. The van der Waals surface area contributed by atoms with Crippen LogP contribution in [0.3, 0.4) is 0 Å². The van der Waals surface area contributed by atoms with Crippen LogP contribution in [0, 0.1) is 5.82 Å². The van der Waals surface area contributed by atoms with Crippen LogP contribution in [0.4, 0.5) is 17.6 Å². The molecule has 0 atom stereocenters. The van der Waals surface area contributed by atoms with Crippen LogP contribution < -0.4 is 0 Å². The number of benzene rings is 1. The van der Waals surface area contributed by atoms with Gasteiger partial charge in [-0.25, -0.2) is 4.39 Å². The lowest BCUT2D eigenvalue weighted by Gasteiger charge is -2.14. The van der Waals surface area contributed by atoms with Crippen molar-refractivity contribution in [1.82, 2.24) is 9.88 Å². The lowest BCUT2D eigenvalue weighted by molar-refractivity contribution is -0.137. The lowest BCUT2D eigenvalue weighted by Crippen LogP contribution is -2.11. The molecule has 1 aromatic carbocycles. The Kier molecular flexibility index (Phi) is 7.31. The van der Waals surface area contributed by atoms with Gasteiger partial charge in [-0.15, -0.1) is 0 Å². The molecule has 1 heterocycles. The van der Waals surface area contributed by atoms with Crippen molar-refractivity contribution in [1.29, 1.82) is 0 Å². The Balaban J connectivity index is 2.32. The van der Waals surface area contributed by atoms with Gasteiger partial charge in [0.1, 0.15) is 5.82 Å². The molecular formula is C21H22F4N2O. The molecule has 0 saturated carbocycles. The van der Waals surface area contributed by atoms with Gasteiger partial charge in [-0.3, -0.25) is 9.78 Å². The molecule has 0 unspecified atom stereocenters. The number of unbranched alkanes of at least 4 members (excludes halogenated alkanes) is 2. The summed E-state index contributed by atoms with van der Waals surface area (Å²) in [5, 5.41) is 0. The highest BCUT2D eigenvalue weighted by molar-refractivity contribution is 5.84. The van der Waals surface area contributed by atoms with Gasteiger partial charge in [0.2, 0.25) is 0 Å². The Morgan fingerprint density at radius 3 is 2.50 bits per heavy atom. The molecule has 0 aliphatic rings. The summed E-state index contributed by atoms with van der Waals surface area (Å²) in [5.74, 6) is -0.748. The SMILES string of the molecule is CCCCCN(C)/C=C\c1cc(-c2ccc(C(F)(F)F)cn2)cc(F)c1C=O. The quantitative estimate of drug-likeness (QED) is 0.322. The number of carbonyl (C=O) groups excluding carboxylic acids is 1. The van der Waals surface area contributed by atoms with Crippen molar-refractivity contribution in [2.45, 2.75) is 32.4 Å². The van der Waals surface area contributed by atoms with E-state index < -0.39 is 17.6 Å². The van der Waals surface area contributed by atoms with Crippen molar-refractivity contribution in [2.75, 3.05) is 13.6 Å². The summed E-state index contributed by atoms with van der Waals surface area (Å²) in [6.45, 7) is 2.93. The molecule has 7 heteroatoms. The molecule has 3 nitrogen and oxygen atoms in total. The number of hydrogen-bond donors (Lipinski definition) is 0. The van der Waals surface area contributed by atoms with E-state index in [1.54, 1.807) is 18.3 Å². The van der Waals surface area contributed by atoms with Crippen LogP contribution >= 0.6 is 0 Å². The van der Waals surface area contributed by atoms with Gasteiger partial charge >= 0.3 is 6.18 Å². The summed E-state index contributed by atoms with van der Waals surface area (Å²) in [6.07, 6.45) is 3.22. The van der Waals surface area contributed by atoms with Crippen LogP contribution in [-0.2, 0) is 6.18 Å². The smallest absolute Gasteiger partial charge is 0.380 e. The van der Waals surface area contributed by atoms with E-state index in [2.05, 4.69) is 11.9 Å². The summed E-state index contributed by atoms with van der Waals surface area (Å²) < 4.78 is 52.4. The van der Waals surface area contributed by atoms with Crippen molar-refractivity contribution < 1.29 is 22.4 Å². The minimum Gasteiger partial charge on any atom is -0.380 e. The van der Waals surface area contributed by atoms with E-state index in [1.165, 1.54) is 6.07 Å². The molecule has 0 amide bonds. The minimum atomic E-state index is -4.49. The fraction of sp³-hybridized carbons (Fsp3) is 0.333. The number of halogens is 4. The fourth-order valence-corrected chi connectivity index (χ4v) is 2.67. The van der Waals surface area contributed by atoms with Crippen molar-refractivity contribution in [3.63, 3.8) is 0 Å². The van der Waals surface area contributed by atoms with Crippen LogP contribution in [0.15, 0.2) is 36.7 Å². The molecule has 0 fully saturated rings. The van der Waals surface area contributed by atoms with Gasteiger partial charge in [-0.2, -0.15) is 13.2 Å². The average molecular weight is 394 g/mol. The zero-order valence-electron chi connectivity index (χ0n) is 15.8. The molecule has 0 aliphatic heterocycles. The Bertz CT molecular complexity index is 830. The third kappa shape index (κ3) is 5.65. The van der Waals surface area contributed by atoms with E-state index in [9.17, 15) is 22.4 Å². The third-order valence-electron chi connectivity index (χ3n) is 4.29. The molecule has 0 aliphatic carbocycles. The van der Waals surface area contributed by atoms with Crippen LogP contribution in [0.2, 0.25) is 0 Å². The summed E-state index contributed by atoms with van der Waals surface area (Å²) >= 11 is 0. The second-order valence-electron chi connectivity index (χ2n) is 6.51. The highest BCUT2D eigenvalue weighted by Gasteiger charge is 2.30. The van der Waals surface area contributed by atoms with Gasteiger partial charge in [0, 0.05) is 25.4 Å². The third-order valence-corrected chi connectivity index (χ3v) is 4.29. The maximum Gasteiger partial charge on any atom is 0.417 e. The van der Waals surface area contributed by atoms with Crippen LogP contribution in [0.1, 0.15) is 47.7 Å². The maximum atomic E-state index is 14.4. The number of alkyl halides is 3. The molecule has 0 bridgehead atoms. The van der Waals surface area contributed by atoms with Gasteiger partial charge in [0.05, 0.1) is 16.8 Å². The largest absolute Gasteiger partial charge is 0.417 e. The minimum absolute atomic E-state index is 0.103. The normalized spacial score (nSPS) is 11.8. The topological polar surface area (TPSA) is 33.2 Å². The predicted octanol–water partition coefficient (Wildman–Crippen LogP) is 5.81.